The number of aliphatic hydroxyl groups excluding tert-OH is 2. The molecule has 8 heteroatoms. The van der Waals surface area contributed by atoms with Crippen molar-refractivity contribution in [3.63, 3.8) is 0 Å². The highest BCUT2D eigenvalue weighted by Gasteiger charge is 2.14. The van der Waals surface area contributed by atoms with Crippen LogP contribution in [0.4, 0.5) is 4.79 Å². The first-order valence-corrected chi connectivity index (χ1v) is 8.15. The quantitative estimate of drug-likeness (QED) is 0.288. The van der Waals surface area contributed by atoms with Gasteiger partial charge < -0.3 is 30.3 Å². The van der Waals surface area contributed by atoms with Crippen LogP contribution in [0.2, 0.25) is 0 Å². The molecule has 4 N–H and O–H groups in total. The molecular weight excluding hydrogens is 304 g/mol. The van der Waals surface area contributed by atoms with Gasteiger partial charge >= 0.3 is 6.09 Å². The maximum atomic E-state index is 11.4. The number of hydrogen-bond acceptors (Lipinski definition) is 6. The summed E-state index contributed by atoms with van der Waals surface area (Å²) in [5.41, 5.74) is 0. The molecule has 0 aromatic carbocycles. The molecule has 2 amide bonds. The fourth-order valence-corrected chi connectivity index (χ4v) is 1.72. The third kappa shape index (κ3) is 12.8. The summed E-state index contributed by atoms with van der Waals surface area (Å²) in [7, 11) is 0. The van der Waals surface area contributed by atoms with Crippen LogP contribution < -0.4 is 10.6 Å². The van der Waals surface area contributed by atoms with E-state index < -0.39 is 18.5 Å². The molecule has 0 bridgehead atoms. The number of rotatable bonds is 13. The lowest BCUT2D eigenvalue weighted by atomic mass is 10.2. The summed E-state index contributed by atoms with van der Waals surface area (Å²) in [6.07, 6.45) is 1.51. The fraction of sp³-hybridized carbons (Fsp3) is 0.867. The minimum Gasteiger partial charge on any atom is -0.444 e. The first-order valence-electron chi connectivity index (χ1n) is 8.15. The highest BCUT2D eigenvalue weighted by atomic mass is 16.6. The summed E-state index contributed by atoms with van der Waals surface area (Å²) in [6.45, 7) is 3.90. The molecule has 0 aliphatic heterocycles. The Morgan fingerprint density at radius 3 is 2.43 bits per heavy atom. The summed E-state index contributed by atoms with van der Waals surface area (Å²) in [5, 5.41) is 23.5. The smallest absolute Gasteiger partial charge is 0.407 e. The molecule has 0 saturated carbocycles. The van der Waals surface area contributed by atoms with E-state index in [4.69, 9.17) is 14.6 Å². The van der Waals surface area contributed by atoms with Crippen LogP contribution in [0.3, 0.4) is 0 Å². The Morgan fingerprint density at radius 2 is 1.83 bits per heavy atom. The number of carbonyl (C=O) groups is 2. The van der Waals surface area contributed by atoms with Crippen molar-refractivity contribution >= 4 is 12.0 Å². The van der Waals surface area contributed by atoms with Crippen molar-refractivity contribution in [2.45, 2.75) is 58.3 Å². The fourth-order valence-electron chi connectivity index (χ4n) is 1.72. The van der Waals surface area contributed by atoms with Gasteiger partial charge in [0.25, 0.3) is 0 Å². The van der Waals surface area contributed by atoms with E-state index in [1.54, 1.807) is 6.92 Å². The van der Waals surface area contributed by atoms with Crippen LogP contribution in [0.1, 0.15) is 46.0 Å². The molecule has 136 valence electrons. The summed E-state index contributed by atoms with van der Waals surface area (Å²) >= 11 is 0. The molecule has 0 fully saturated rings. The lowest BCUT2D eigenvalue weighted by Gasteiger charge is -2.18. The molecule has 0 aromatic rings. The van der Waals surface area contributed by atoms with Gasteiger partial charge in [-0.2, -0.15) is 0 Å². The van der Waals surface area contributed by atoms with Crippen molar-refractivity contribution in [1.29, 1.82) is 0 Å². The standard InChI is InChI=1S/C15H30N2O6/c1-3-5-6-7-13(19)16-8-9-17-15(21)22-11-14(20)23-12(4-2)10-18/h12,14,18,20H,3-11H2,1-2H3,(H,16,19)(H,17,21). The minimum absolute atomic E-state index is 0.0351. The number of aliphatic hydroxyl groups is 2. The SMILES string of the molecule is CCCCCC(=O)NCCNC(=O)OCC(O)OC(CC)CO. The summed E-state index contributed by atoms with van der Waals surface area (Å²) in [6, 6.07) is 0. The van der Waals surface area contributed by atoms with Gasteiger partial charge in [-0.15, -0.1) is 0 Å². The van der Waals surface area contributed by atoms with Crippen molar-refractivity contribution < 1.29 is 29.3 Å². The highest BCUT2D eigenvalue weighted by Crippen LogP contribution is 2.01. The normalized spacial score (nSPS) is 13.2. The maximum absolute atomic E-state index is 11.4. The molecule has 0 aromatic heterocycles. The Hall–Kier alpha value is -1.38. The van der Waals surface area contributed by atoms with Gasteiger partial charge in [-0.05, 0) is 12.8 Å². The Bertz CT molecular complexity index is 323. The van der Waals surface area contributed by atoms with Crippen molar-refractivity contribution in [3.8, 4) is 0 Å². The lowest BCUT2D eigenvalue weighted by molar-refractivity contribution is -0.165. The zero-order chi connectivity index (χ0) is 17.5. The molecule has 0 aliphatic carbocycles. The zero-order valence-electron chi connectivity index (χ0n) is 14.0. The number of hydrogen-bond donors (Lipinski definition) is 4. The van der Waals surface area contributed by atoms with Crippen LogP contribution in [0.25, 0.3) is 0 Å². The zero-order valence-corrected chi connectivity index (χ0v) is 14.0. The van der Waals surface area contributed by atoms with Gasteiger partial charge in [-0.25, -0.2) is 4.79 Å². The number of unbranched alkanes of at least 4 members (excludes halogenated alkanes) is 2. The van der Waals surface area contributed by atoms with Gasteiger partial charge in [0.1, 0.15) is 6.61 Å². The number of amides is 2. The van der Waals surface area contributed by atoms with Crippen molar-refractivity contribution in [1.82, 2.24) is 10.6 Å². The molecule has 8 nitrogen and oxygen atoms in total. The van der Waals surface area contributed by atoms with E-state index in [1.807, 2.05) is 0 Å². The van der Waals surface area contributed by atoms with Crippen molar-refractivity contribution in [3.05, 3.63) is 0 Å². The molecule has 2 unspecified atom stereocenters. The lowest BCUT2D eigenvalue weighted by Crippen LogP contribution is -2.36. The molecular formula is C15H30N2O6. The molecule has 2 atom stereocenters. The van der Waals surface area contributed by atoms with E-state index >= 15 is 0 Å². The highest BCUT2D eigenvalue weighted by molar-refractivity contribution is 5.75. The van der Waals surface area contributed by atoms with E-state index in [2.05, 4.69) is 17.6 Å². The van der Waals surface area contributed by atoms with Gasteiger partial charge in [-0.1, -0.05) is 26.7 Å². The molecule has 0 radical (unpaired) electrons. The molecule has 0 aliphatic rings. The summed E-state index contributed by atoms with van der Waals surface area (Å²) in [5.74, 6) is -0.0351. The number of ether oxygens (including phenoxy) is 2. The second kappa shape index (κ2) is 14.2. The predicted octanol–water partition coefficient (Wildman–Crippen LogP) is 0.515. The van der Waals surface area contributed by atoms with Gasteiger partial charge in [0.15, 0.2) is 6.29 Å². The Balaban J connectivity index is 3.62. The van der Waals surface area contributed by atoms with Crippen LogP contribution >= 0.6 is 0 Å². The van der Waals surface area contributed by atoms with Crippen LogP contribution in [-0.2, 0) is 14.3 Å². The maximum Gasteiger partial charge on any atom is 0.407 e. The van der Waals surface area contributed by atoms with Crippen molar-refractivity contribution in [2.24, 2.45) is 0 Å². The predicted molar refractivity (Wildman–Crippen MR) is 84.8 cm³/mol. The Labute approximate surface area is 137 Å². The Kier molecular flexibility index (Phi) is 13.4. The van der Waals surface area contributed by atoms with E-state index in [0.717, 1.165) is 19.3 Å². The minimum atomic E-state index is -1.28. The third-order valence-electron chi connectivity index (χ3n) is 3.09. The van der Waals surface area contributed by atoms with E-state index in [-0.39, 0.29) is 25.7 Å². The van der Waals surface area contributed by atoms with Gasteiger partial charge in [-0.3, -0.25) is 4.79 Å². The van der Waals surface area contributed by atoms with Crippen molar-refractivity contribution in [2.75, 3.05) is 26.3 Å². The van der Waals surface area contributed by atoms with Crippen LogP contribution in [0.5, 0.6) is 0 Å². The largest absolute Gasteiger partial charge is 0.444 e. The molecule has 23 heavy (non-hydrogen) atoms. The first kappa shape index (κ1) is 21.6. The second-order valence-electron chi connectivity index (χ2n) is 5.14. The van der Waals surface area contributed by atoms with Crippen LogP contribution in [-0.4, -0.2) is 60.9 Å². The second-order valence-corrected chi connectivity index (χ2v) is 5.14. The molecule has 0 rings (SSSR count). The van der Waals surface area contributed by atoms with E-state index in [9.17, 15) is 14.7 Å². The van der Waals surface area contributed by atoms with E-state index in [1.165, 1.54) is 0 Å². The average Bonchev–Trinajstić information content (AvgIpc) is 2.55. The Morgan fingerprint density at radius 1 is 1.13 bits per heavy atom. The van der Waals surface area contributed by atoms with Crippen LogP contribution in [0, 0.1) is 0 Å². The monoisotopic (exact) mass is 334 g/mol. The molecule has 0 heterocycles. The molecule has 0 saturated heterocycles. The molecule has 0 spiro atoms. The number of carbonyl (C=O) groups excluding carboxylic acids is 2. The number of nitrogens with one attached hydrogen (secondary N) is 2. The summed E-state index contributed by atoms with van der Waals surface area (Å²) in [4.78, 5) is 22.8. The first-order chi connectivity index (χ1) is 11.0. The number of alkyl carbamates (subject to hydrolysis) is 1. The van der Waals surface area contributed by atoms with E-state index in [0.29, 0.717) is 19.4 Å². The third-order valence-corrected chi connectivity index (χ3v) is 3.09. The van der Waals surface area contributed by atoms with Crippen LogP contribution in [0.15, 0.2) is 0 Å². The average molecular weight is 334 g/mol. The van der Waals surface area contributed by atoms with Gasteiger partial charge in [0.2, 0.25) is 5.91 Å². The van der Waals surface area contributed by atoms with Gasteiger partial charge in [0, 0.05) is 19.5 Å². The summed E-state index contributed by atoms with van der Waals surface area (Å²) < 4.78 is 9.81. The van der Waals surface area contributed by atoms with Gasteiger partial charge in [0.05, 0.1) is 12.7 Å². The topological polar surface area (TPSA) is 117 Å².